The van der Waals surface area contributed by atoms with Crippen molar-refractivity contribution >= 4 is 11.7 Å². The number of anilines is 1. The summed E-state index contributed by atoms with van der Waals surface area (Å²) >= 11 is 0. The molecule has 0 radical (unpaired) electrons. The van der Waals surface area contributed by atoms with Crippen molar-refractivity contribution in [2.45, 2.75) is 38.7 Å². The fraction of sp³-hybridized carbons (Fsp3) is 0.615. The second kappa shape index (κ2) is 6.33. The van der Waals surface area contributed by atoms with Gasteiger partial charge in [-0.1, -0.05) is 13.8 Å². The van der Waals surface area contributed by atoms with Crippen molar-refractivity contribution in [2.75, 3.05) is 11.9 Å². The summed E-state index contributed by atoms with van der Waals surface area (Å²) in [6.07, 6.45) is -0.561. The Balaban J connectivity index is 2.13. The number of rotatable bonds is 4. The van der Waals surface area contributed by atoms with Crippen molar-refractivity contribution in [3.63, 3.8) is 0 Å². The number of carbonyl (C=O) groups is 1. The fourth-order valence-electron chi connectivity index (χ4n) is 2.02. The Morgan fingerprint density at radius 1 is 1.62 bits per heavy atom. The molecular weight excluding hydrogens is 278 g/mol. The molecule has 2 heterocycles. The fourth-order valence-corrected chi connectivity index (χ4v) is 2.02. The van der Waals surface area contributed by atoms with E-state index in [-0.39, 0.29) is 30.7 Å². The Morgan fingerprint density at radius 2 is 2.33 bits per heavy atom. The van der Waals surface area contributed by atoms with Crippen molar-refractivity contribution in [2.24, 2.45) is 5.92 Å². The lowest BCUT2D eigenvalue weighted by atomic mass is 10.2. The van der Waals surface area contributed by atoms with E-state index in [1.165, 1.54) is 16.8 Å². The van der Waals surface area contributed by atoms with E-state index in [2.05, 4.69) is 10.3 Å². The number of aliphatic hydroxyl groups is 2. The third-order valence-electron chi connectivity index (χ3n) is 3.30. The number of nitrogens with zero attached hydrogens (tertiary/aromatic N) is 2. The first-order chi connectivity index (χ1) is 9.92. The normalized spacial score (nSPS) is 25.3. The highest BCUT2D eigenvalue weighted by Crippen LogP contribution is 2.27. The highest BCUT2D eigenvalue weighted by molar-refractivity contribution is 5.90. The Labute approximate surface area is 121 Å². The molecule has 1 aliphatic heterocycles. The first-order valence-corrected chi connectivity index (χ1v) is 6.76. The van der Waals surface area contributed by atoms with Crippen LogP contribution in [0.3, 0.4) is 0 Å². The first kappa shape index (κ1) is 15.6. The van der Waals surface area contributed by atoms with E-state index in [0.717, 1.165) is 0 Å². The monoisotopic (exact) mass is 297 g/mol. The van der Waals surface area contributed by atoms with Gasteiger partial charge in [0.15, 0.2) is 0 Å². The summed E-state index contributed by atoms with van der Waals surface area (Å²) in [5, 5.41) is 21.2. The van der Waals surface area contributed by atoms with Gasteiger partial charge in [-0.3, -0.25) is 9.36 Å². The van der Waals surface area contributed by atoms with Gasteiger partial charge in [0.2, 0.25) is 5.91 Å². The molecule has 3 N–H and O–H groups in total. The van der Waals surface area contributed by atoms with Crippen molar-refractivity contribution in [1.29, 1.82) is 0 Å². The average molecular weight is 297 g/mol. The number of hydrogen-bond donors (Lipinski definition) is 3. The zero-order valence-corrected chi connectivity index (χ0v) is 11.9. The van der Waals surface area contributed by atoms with E-state index in [1.807, 2.05) is 0 Å². The van der Waals surface area contributed by atoms with Crippen LogP contribution < -0.4 is 11.0 Å². The van der Waals surface area contributed by atoms with Crippen LogP contribution in [-0.2, 0) is 9.53 Å². The third-order valence-corrected chi connectivity index (χ3v) is 3.30. The van der Waals surface area contributed by atoms with E-state index in [9.17, 15) is 14.7 Å². The Kier molecular flexibility index (Phi) is 4.71. The summed E-state index contributed by atoms with van der Waals surface area (Å²) in [5.41, 5.74) is -0.590. The number of hydrogen-bond acceptors (Lipinski definition) is 6. The SMILES string of the molecule is CC(C)C(=O)Nc1ccn([C@H]2CC(O)[C@@H](CO)O2)c(=O)n1. The van der Waals surface area contributed by atoms with Crippen molar-refractivity contribution in [3.8, 4) is 0 Å². The second-order valence-corrected chi connectivity index (χ2v) is 5.26. The molecule has 8 heteroatoms. The number of amides is 1. The minimum atomic E-state index is -0.827. The quantitative estimate of drug-likeness (QED) is 0.689. The minimum absolute atomic E-state index is 0.173. The van der Waals surface area contributed by atoms with Gasteiger partial charge < -0.3 is 20.3 Å². The Hall–Kier alpha value is -1.77. The van der Waals surface area contributed by atoms with Gasteiger partial charge in [0.25, 0.3) is 0 Å². The van der Waals surface area contributed by atoms with Gasteiger partial charge in [-0.15, -0.1) is 0 Å². The van der Waals surface area contributed by atoms with Gasteiger partial charge in [-0.05, 0) is 6.07 Å². The van der Waals surface area contributed by atoms with Crippen LogP contribution in [0.25, 0.3) is 0 Å². The smallest absolute Gasteiger partial charge is 0.351 e. The van der Waals surface area contributed by atoms with E-state index < -0.39 is 24.1 Å². The Morgan fingerprint density at radius 3 is 2.86 bits per heavy atom. The van der Waals surface area contributed by atoms with Crippen LogP contribution in [-0.4, -0.2) is 44.5 Å². The lowest BCUT2D eigenvalue weighted by Gasteiger charge is -2.14. The largest absolute Gasteiger partial charge is 0.394 e. The van der Waals surface area contributed by atoms with E-state index in [4.69, 9.17) is 9.84 Å². The number of nitrogens with one attached hydrogen (secondary N) is 1. The first-order valence-electron chi connectivity index (χ1n) is 6.76. The maximum atomic E-state index is 12.0. The summed E-state index contributed by atoms with van der Waals surface area (Å²) in [5.74, 6) is -0.271. The molecule has 0 spiro atoms. The van der Waals surface area contributed by atoms with Gasteiger partial charge in [0.05, 0.1) is 12.7 Å². The van der Waals surface area contributed by atoms with Crippen molar-refractivity contribution in [1.82, 2.24) is 9.55 Å². The zero-order valence-electron chi connectivity index (χ0n) is 11.9. The zero-order chi connectivity index (χ0) is 15.6. The lowest BCUT2D eigenvalue weighted by molar-refractivity contribution is -0.118. The summed E-state index contributed by atoms with van der Waals surface area (Å²) in [7, 11) is 0. The molecule has 0 saturated carbocycles. The van der Waals surface area contributed by atoms with Crippen molar-refractivity contribution in [3.05, 3.63) is 22.7 Å². The van der Waals surface area contributed by atoms with Crippen LogP contribution in [0.15, 0.2) is 17.1 Å². The molecule has 2 rings (SSSR count). The minimum Gasteiger partial charge on any atom is -0.394 e. The van der Waals surface area contributed by atoms with Gasteiger partial charge in [0.1, 0.15) is 18.1 Å². The lowest BCUT2D eigenvalue weighted by Crippen LogP contribution is -2.29. The standard InChI is InChI=1S/C13H19N3O5/c1-7(2)12(19)14-10-3-4-16(13(20)15-10)11-5-8(18)9(6-17)21-11/h3-4,7-9,11,17-18H,5-6H2,1-2H3,(H,14,15,19,20)/t8?,9-,11-/m1/s1. The van der Waals surface area contributed by atoms with Crippen LogP contribution in [0.4, 0.5) is 5.82 Å². The molecule has 21 heavy (non-hydrogen) atoms. The number of aromatic nitrogens is 2. The summed E-state index contributed by atoms with van der Waals surface area (Å²) in [6, 6.07) is 1.49. The topological polar surface area (TPSA) is 114 Å². The molecule has 1 aliphatic rings. The maximum absolute atomic E-state index is 12.0. The summed E-state index contributed by atoms with van der Waals surface area (Å²) < 4.78 is 6.61. The molecule has 8 nitrogen and oxygen atoms in total. The summed E-state index contributed by atoms with van der Waals surface area (Å²) in [6.45, 7) is 3.15. The van der Waals surface area contributed by atoms with Gasteiger partial charge in [-0.2, -0.15) is 4.98 Å². The maximum Gasteiger partial charge on any atom is 0.351 e. The Bertz CT molecular complexity index is 571. The van der Waals surface area contributed by atoms with Gasteiger partial charge in [0, 0.05) is 18.5 Å². The van der Waals surface area contributed by atoms with E-state index in [0.29, 0.717) is 0 Å². The van der Waals surface area contributed by atoms with Crippen LogP contribution in [0, 0.1) is 5.92 Å². The number of ether oxygens (including phenoxy) is 1. The summed E-state index contributed by atoms with van der Waals surface area (Å²) in [4.78, 5) is 27.3. The molecule has 0 aliphatic carbocycles. The molecule has 1 amide bonds. The molecule has 1 aromatic heterocycles. The van der Waals surface area contributed by atoms with Gasteiger partial charge >= 0.3 is 5.69 Å². The molecular formula is C13H19N3O5. The molecule has 1 saturated heterocycles. The second-order valence-electron chi connectivity index (χ2n) is 5.26. The molecule has 1 fully saturated rings. The van der Waals surface area contributed by atoms with E-state index >= 15 is 0 Å². The molecule has 116 valence electrons. The highest BCUT2D eigenvalue weighted by atomic mass is 16.5. The highest BCUT2D eigenvalue weighted by Gasteiger charge is 2.34. The molecule has 0 bridgehead atoms. The molecule has 0 aromatic carbocycles. The average Bonchev–Trinajstić information content (AvgIpc) is 2.79. The predicted molar refractivity (Wildman–Crippen MR) is 73.6 cm³/mol. The van der Waals surface area contributed by atoms with Crippen LogP contribution in [0.2, 0.25) is 0 Å². The predicted octanol–water partition coefficient (Wildman–Crippen LogP) is -0.522. The van der Waals surface area contributed by atoms with Crippen LogP contribution >= 0.6 is 0 Å². The number of aliphatic hydroxyl groups excluding tert-OH is 2. The number of carbonyl (C=O) groups excluding carboxylic acids is 1. The molecule has 1 unspecified atom stereocenters. The van der Waals surface area contributed by atoms with Gasteiger partial charge in [-0.25, -0.2) is 4.79 Å². The van der Waals surface area contributed by atoms with E-state index in [1.54, 1.807) is 13.8 Å². The van der Waals surface area contributed by atoms with Crippen molar-refractivity contribution < 1.29 is 19.7 Å². The molecule has 3 atom stereocenters. The van der Waals surface area contributed by atoms with Crippen LogP contribution in [0.1, 0.15) is 26.5 Å². The molecule has 1 aromatic rings. The third kappa shape index (κ3) is 3.46. The van der Waals surface area contributed by atoms with Crippen LogP contribution in [0.5, 0.6) is 0 Å².